The number of aromatic nitrogens is 1. The second kappa shape index (κ2) is 11.2. The molecule has 1 unspecified atom stereocenters. The Hall–Kier alpha value is -5.34. The number of Topliss-reactive ketones (excluding diaryl/α,β-unsaturated/α-hetero) is 1. The van der Waals surface area contributed by atoms with Crippen LogP contribution in [-0.4, -0.2) is 41.8 Å². The van der Waals surface area contributed by atoms with Crippen molar-refractivity contribution in [2.45, 2.75) is 13.0 Å². The van der Waals surface area contributed by atoms with Gasteiger partial charge in [-0.2, -0.15) is 0 Å². The number of amides is 2. The molecule has 1 atom stereocenters. The van der Waals surface area contributed by atoms with Gasteiger partial charge in [0.05, 0.1) is 40.7 Å². The zero-order valence-electron chi connectivity index (χ0n) is 23.0. The van der Waals surface area contributed by atoms with Crippen LogP contribution in [0.3, 0.4) is 0 Å². The first-order chi connectivity index (χ1) is 20.7. The van der Waals surface area contributed by atoms with E-state index < -0.39 is 23.9 Å². The quantitative estimate of drug-likeness (QED) is 0.117. The first-order valence-corrected chi connectivity index (χ1v) is 13.7. The molecule has 1 aliphatic rings. The van der Waals surface area contributed by atoms with Crippen LogP contribution in [0.5, 0.6) is 5.75 Å². The summed E-state index contributed by atoms with van der Waals surface area (Å²) >= 11 is 6.25. The van der Waals surface area contributed by atoms with Gasteiger partial charge in [-0.1, -0.05) is 35.9 Å². The van der Waals surface area contributed by atoms with Gasteiger partial charge in [-0.15, -0.1) is 0 Å². The van der Waals surface area contributed by atoms with E-state index in [0.717, 1.165) is 4.90 Å². The smallest absolute Gasteiger partial charge is 0.339 e. The summed E-state index contributed by atoms with van der Waals surface area (Å²) in [6.45, 7) is 1.51. The van der Waals surface area contributed by atoms with Gasteiger partial charge in [-0.05, 0) is 79.7 Å². The van der Waals surface area contributed by atoms with Crippen LogP contribution >= 0.6 is 11.6 Å². The fourth-order valence-electron chi connectivity index (χ4n) is 4.99. The molecule has 0 saturated carbocycles. The van der Waals surface area contributed by atoms with Crippen LogP contribution in [0.1, 0.15) is 48.4 Å². The van der Waals surface area contributed by atoms with Crippen molar-refractivity contribution in [3.8, 4) is 17.0 Å². The van der Waals surface area contributed by atoms with Crippen LogP contribution in [0.4, 0.5) is 5.69 Å². The number of methoxy groups -OCH3 is 1. The average Bonchev–Trinajstić information content (AvgIpc) is 3.29. The summed E-state index contributed by atoms with van der Waals surface area (Å²) in [5.74, 6) is -1.26. The molecule has 8 nitrogen and oxygen atoms in total. The van der Waals surface area contributed by atoms with Crippen molar-refractivity contribution in [3.05, 3.63) is 124 Å². The van der Waals surface area contributed by atoms with Crippen LogP contribution in [-0.2, 0) is 4.74 Å². The van der Waals surface area contributed by atoms with Gasteiger partial charge >= 0.3 is 5.97 Å². The molecule has 0 saturated heterocycles. The highest BCUT2D eigenvalue weighted by Gasteiger charge is 2.36. The molecule has 6 rings (SSSR count). The first kappa shape index (κ1) is 27.8. The van der Waals surface area contributed by atoms with Crippen molar-refractivity contribution >= 4 is 51.8 Å². The van der Waals surface area contributed by atoms with Crippen molar-refractivity contribution in [2.75, 3.05) is 12.0 Å². The van der Waals surface area contributed by atoms with Crippen LogP contribution in [0.25, 0.3) is 22.2 Å². The lowest BCUT2D eigenvalue weighted by atomic mass is 10.0. The summed E-state index contributed by atoms with van der Waals surface area (Å²) in [6, 6.07) is 26.5. The molecule has 2 amide bonds. The number of ketones is 1. The molecule has 4 aromatic carbocycles. The second-order valence-corrected chi connectivity index (χ2v) is 10.3. The van der Waals surface area contributed by atoms with Crippen LogP contribution in [0.15, 0.2) is 97.1 Å². The zero-order valence-corrected chi connectivity index (χ0v) is 23.8. The number of anilines is 1. The minimum atomic E-state index is -1.06. The van der Waals surface area contributed by atoms with Crippen LogP contribution in [0, 0.1) is 0 Å². The lowest BCUT2D eigenvalue weighted by Crippen LogP contribution is -2.29. The predicted molar refractivity (Wildman–Crippen MR) is 162 cm³/mol. The summed E-state index contributed by atoms with van der Waals surface area (Å²) in [5, 5.41) is 0.872. The van der Waals surface area contributed by atoms with Gasteiger partial charge in [0.25, 0.3) is 11.8 Å². The van der Waals surface area contributed by atoms with E-state index in [4.69, 9.17) is 26.1 Å². The topological polar surface area (TPSA) is 103 Å². The number of fused-ring (bicyclic) bond motifs is 2. The lowest BCUT2D eigenvalue weighted by Gasteiger charge is -2.16. The number of carbonyl (C=O) groups excluding carboxylic acids is 4. The molecular weight excluding hydrogens is 568 g/mol. The molecule has 5 aromatic rings. The average molecular weight is 591 g/mol. The second-order valence-electron chi connectivity index (χ2n) is 9.89. The Morgan fingerprint density at radius 3 is 2.12 bits per heavy atom. The fraction of sp³-hybridized carbons (Fsp3) is 0.0882. The Balaban J connectivity index is 1.30. The summed E-state index contributed by atoms with van der Waals surface area (Å²) in [4.78, 5) is 58.1. The fourth-order valence-corrected chi connectivity index (χ4v) is 5.16. The maximum absolute atomic E-state index is 13.5. The number of ether oxygens (including phenoxy) is 2. The van der Waals surface area contributed by atoms with Crippen molar-refractivity contribution in [1.82, 2.24) is 4.98 Å². The Morgan fingerprint density at radius 2 is 1.49 bits per heavy atom. The molecule has 212 valence electrons. The molecule has 0 fully saturated rings. The summed E-state index contributed by atoms with van der Waals surface area (Å²) in [6.07, 6.45) is -1.06. The molecule has 1 aromatic heterocycles. The monoisotopic (exact) mass is 590 g/mol. The third kappa shape index (κ3) is 5.13. The van der Waals surface area contributed by atoms with Gasteiger partial charge in [0.15, 0.2) is 6.10 Å². The van der Waals surface area contributed by atoms with E-state index in [1.807, 2.05) is 0 Å². The maximum atomic E-state index is 13.5. The largest absolute Gasteiger partial charge is 0.497 e. The molecule has 0 spiro atoms. The van der Waals surface area contributed by atoms with Crippen molar-refractivity contribution in [3.63, 3.8) is 0 Å². The molecule has 1 aliphatic heterocycles. The number of esters is 1. The van der Waals surface area contributed by atoms with E-state index in [-0.39, 0.29) is 11.3 Å². The molecule has 43 heavy (non-hydrogen) atoms. The number of nitrogens with zero attached hydrogens (tertiary/aromatic N) is 2. The third-order valence-electron chi connectivity index (χ3n) is 7.23. The highest BCUT2D eigenvalue weighted by atomic mass is 35.5. The highest BCUT2D eigenvalue weighted by Crippen LogP contribution is 2.32. The van der Waals surface area contributed by atoms with Crippen molar-refractivity contribution in [2.24, 2.45) is 0 Å². The molecule has 9 heteroatoms. The maximum Gasteiger partial charge on any atom is 0.339 e. The minimum absolute atomic E-state index is 0.182. The molecule has 0 aliphatic carbocycles. The van der Waals surface area contributed by atoms with Gasteiger partial charge < -0.3 is 9.47 Å². The van der Waals surface area contributed by atoms with E-state index >= 15 is 0 Å². The van der Waals surface area contributed by atoms with Gasteiger partial charge in [-0.3, -0.25) is 14.4 Å². The van der Waals surface area contributed by atoms with Crippen LogP contribution < -0.4 is 9.64 Å². The molecule has 0 radical (unpaired) electrons. The Kier molecular flexibility index (Phi) is 7.21. The number of hydrogen-bond acceptors (Lipinski definition) is 7. The Labute approximate surface area is 251 Å². The van der Waals surface area contributed by atoms with Crippen LogP contribution in [0.2, 0.25) is 5.02 Å². The summed E-state index contributed by atoms with van der Waals surface area (Å²) < 4.78 is 10.8. The van der Waals surface area contributed by atoms with E-state index in [1.165, 1.54) is 14.0 Å². The molecular formula is C34H23ClN2O6. The SMILES string of the molecule is COc1ccc(C(=O)C(C)OC(=O)c2cc(-c3ccc(N4C(=O)c5ccccc5C4=O)cc3)nc3ccc(Cl)cc23)cc1. The highest BCUT2D eigenvalue weighted by molar-refractivity contribution is 6.34. The molecule has 2 heterocycles. The molecule has 0 N–H and O–H groups in total. The van der Waals surface area contributed by atoms with Crippen molar-refractivity contribution in [1.29, 1.82) is 0 Å². The van der Waals surface area contributed by atoms with E-state index in [2.05, 4.69) is 0 Å². The molecule has 0 bridgehead atoms. The van der Waals surface area contributed by atoms with Crippen molar-refractivity contribution < 1.29 is 28.7 Å². The lowest BCUT2D eigenvalue weighted by molar-refractivity contribution is 0.0320. The number of rotatable bonds is 7. The van der Waals surface area contributed by atoms with Gasteiger partial charge in [0.2, 0.25) is 5.78 Å². The minimum Gasteiger partial charge on any atom is -0.497 e. The van der Waals surface area contributed by atoms with E-state index in [9.17, 15) is 19.2 Å². The van der Waals surface area contributed by atoms with E-state index in [1.54, 1.807) is 97.1 Å². The third-order valence-corrected chi connectivity index (χ3v) is 7.47. The zero-order chi connectivity index (χ0) is 30.2. The summed E-state index contributed by atoms with van der Waals surface area (Å²) in [5.41, 5.74) is 3.26. The number of hydrogen-bond donors (Lipinski definition) is 0. The number of benzene rings is 4. The Morgan fingerprint density at radius 1 is 0.837 bits per heavy atom. The number of imide groups is 1. The predicted octanol–water partition coefficient (Wildman–Crippen LogP) is 6.79. The standard InChI is InChI=1S/C34H23ClN2O6/c1-19(31(38)21-9-14-24(42-2)15-10-21)43-34(41)28-18-30(36-29-16-11-22(35)17-27(28)29)20-7-12-23(13-8-20)37-32(39)25-5-3-4-6-26(25)33(37)40/h3-19H,1-2H3. The van der Waals surface area contributed by atoms with E-state index in [0.29, 0.717) is 55.3 Å². The normalized spacial score (nSPS) is 13.1. The van der Waals surface area contributed by atoms with Gasteiger partial charge in [-0.25, -0.2) is 14.7 Å². The van der Waals surface area contributed by atoms with Gasteiger partial charge in [0, 0.05) is 21.5 Å². The number of pyridine rings is 1. The number of carbonyl (C=O) groups is 4. The first-order valence-electron chi connectivity index (χ1n) is 13.3. The van der Waals surface area contributed by atoms with Gasteiger partial charge in [0.1, 0.15) is 5.75 Å². The Bertz CT molecular complexity index is 1900. The number of halogens is 1. The summed E-state index contributed by atoms with van der Waals surface area (Å²) in [7, 11) is 1.53.